The van der Waals surface area contributed by atoms with E-state index < -0.39 is 17.2 Å². The number of aryl methyl sites for hydroxylation is 2. The highest BCUT2D eigenvalue weighted by Gasteiger charge is 2.27. The summed E-state index contributed by atoms with van der Waals surface area (Å²) in [6.45, 7) is 12.1. The normalized spacial score (nSPS) is 12.2. The molecule has 0 amide bonds. The zero-order valence-electron chi connectivity index (χ0n) is 18.8. The molecule has 0 bridgehead atoms. The van der Waals surface area contributed by atoms with Crippen molar-refractivity contribution in [1.29, 1.82) is 0 Å². The fourth-order valence-corrected chi connectivity index (χ4v) is 5.81. The van der Waals surface area contributed by atoms with Crippen LogP contribution in [0.15, 0.2) is 24.3 Å². The van der Waals surface area contributed by atoms with Gasteiger partial charge in [-0.15, -0.1) is 0 Å². The van der Waals surface area contributed by atoms with Gasteiger partial charge in [0.1, 0.15) is 11.5 Å². The number of carboxylic acids is 1. The van der Waals surface area contributed by atoms with E-state index in [1.54, 1.807) is 13.8 Å². The molecule has 2 aromatic carbocycles. The summed E-state index contributed by atoms with van der Waals surface area (Å²) in [6, 6.07) is 7.70. The van der Waals surface area contributed by atoms with Crippen LogP contribution in [0.25, 0.3) is 0 Å². The molecule has 7 heteroatoms. The lowest BCUT2D eigenvalue weighted by Crippen LogP contribution is -2.28. The van der Waals surface area contributed by atoms with Gasteiger partial charge in [-0.2, -0.15) is 0 Å². The van der Waals surface area contributed by atoms with Crippen LogP contribution in [0.3, 0.4) is 0 Å². The number of benzene rings is 2. The highest BCUT2D eigenvalue weighted by Crippen LogP contribution is 2.38. The summed E-state index contributed by atoms with van der Waals surface area (Å²) >= 11 is 4.49. The van der Waals surface area contributed by atoms with Gasteiger partial charge in [-0.1, -0.05) is 6.07 Å². The van der Waals surface area contributed by atoms with E-state index in [1.165, 1.54) is 0 Å². The van der Waals surface area contributed by atoms with E-state index in [0.717, 1.165) is 40.9 Å². The van der Waals surface area contributed by atoms with E-state index in [0.29, 0.717) is 13.0 Å². The van der Waals surface area contributed by atoms with Gasteiger partial charge in [-0.3, -0.25) is 4.79 Å². The highest BCUT2D eigenvalue weighted by molar-refractivity contribution is 14.1. The van der Waals surface area contributed by atoms with Crippen molar-refractivity contribution in [1.82, 2.24) is 0 Å². The van der Waals surface area contributed by atoms with Gasteiger partial charge in [0.25, 0.3) is 0 Å². The minimum absolute atomic E-state index is 0.00856. The first-order chi connectivity index (χ1) is 14.2. The van der Waals surface area contributed by atoms with Crippen LogP contribution in [0.5, 0.6) is 11.5 Å². The first-order valence-corrected chi connectivity index (χ1v) is 12.2. The molecule has 2 aromatic rings. The predicted octanol–water partition coefficient (Wildman–Crippen LogP) is 6.34. The summed E-state index contributed by atoms with van der Waals surface area (Å²) in [5.74, 6) is 0.611. The number of aliphatic hydroxyl groups is 1. The molecule has 0 radical (unpaired) electrons. The Morgan fingerprint density at radius 3 is 2.16 bits per heavy atom. The minimum Gasteiger partial charge on any atom is -0.481 e. The summed E-state index contributed by atoms with van der Waals surface area (Å²) in [5.41, 5.74) is 2.55. The first-order valence-electron chi connectivity index (χ1n) is 10.1. The molecule has 0 spiro atoms. The zero-order valence-corrected chi connectivity index (χ0v) is 23.1. The summed E-state index contributed by atoms with van der Waals surface area (Å²) in [5, 5.41) is 19.0. The summed E-state index contributed by atoms with van der Waals surface area (Å²) in [7, 11) is 0. The van der Waals surface area contributed by atoms with Crippen LogP contribution in [0.4, 0.5) is 0 Å². The van der Waals surface area contributed by atoms with E-state index in [9.17, 15) is 9.90 Å². The Morgan fingerprint density at radius 1 is 1.00 bits per heavy atom. The molecule has 2 rings (SSSR count). The second-order valence-electron chi connectivity index (χ2n) is 8.91. The number of ether oxygens (including phenoxy) is 2. The average molecular weight is 652 g/mol. The quantitative estimate of drug-likeness (QED) is 0.310. The van der Waals surface area contributed by atoms with Crippen LogP contribution >= 0.6 is 45.2 Å². The predicted molar refractivity (Wildman–Crippen MR) is 139 cm³/mol. The molecule has 0 aliphatic rings. The van der Waals surface area contributed by atoms with Crippen molar-refractivity contribution in [2.45, 2.75) is 65.6 Å². The molecule has 31 heavy (non-hydrogen) atoms. The van der Waals surface area contributed by atoms with Gasteiger partial charge in [0, 0.05) is 3.57 Å². The fraction of sp³-hybridized carbons (Fsp3) is 0.458. The van der Waals surface area contributed by atoms with Crippen molar-refractivity contribution >= 4 is 51.2 Å². The number of carboxylic acid groups (broad SMARTS) is 1. The monoisotopic (exact) mass is 652 g/mol. The van der Waals surface area contributed by atoms with Crippen LogP contribution < -0.4 is 4.74 Å². The number of halogens is 2. The fourth-order valence-electron chi connectivity index (χ4n) is 3.49. The molecule has 5 nitrogen and oxygen atoms in total. The molecule has 0 aromatic heterocycles. The van der Waals surface area contributed by atoms with Gasteiger partial charge >= 0.3 is 5.97 Å². The van der Waals surface area contributed by atoms with Gasteiger partial charge in [0.05, 0.1) is 27.8 Å². The Kier molecular flexibility index (Phi) is 8.80. The molecule has 0 saturated carbocycles. The third kappa shape index (κ3) is 7.57. The highest BCUT2D eigenvalue weighted by atomic mass is 127. The Hall–Kier alpha value is -0.910. The topological polar surface area (TPSA) is 76.0 Å². The molecule has 0 atom stereocenters. The van der Waals surface area contributed by atoms with Crippen LogP contribution in [0.2, 0.25) is 0 Å². The second kappa shape index (κ2) is 10.4. The molecular formula is C24H30I2O5. The van der Waals surface area contributed by atoms with E-state index in [2.05, 4.69) is 45.2 Å². The van der Waals surface area contributed by atoms with Gasteiger partial charge in [-0.25, -0.2) is 0 Å². The van der Waals surface area contributed by atoms with E-state index in [1.807, 2.05) is 52.0 Å². The third-order valence-corrected chi connectivity index (χ3v) is 6.56. The van der Waals surface area contributed by atoms with Crippen LogP contribution in [-0.4, -0.2) is 28.4 Å². The van der Waals surface area contributed by atoms with Crippen molar-refractivity contribution in [2.24, 2.45) is 0 Å². The number of hydrogen-bond donors (Lipinski definition) is 2. The molecule has 0 saturated heterocycles. The largest absolute Gasteiger partial charge is 0.481 e. The maximum atomic E-state index is 11.0. The Balaban J connectivity index is 2.27. The molecule has 0 unspecified atom stereocenters. The van der Waals surface area contributed by atoms with Crippen molar-refractivity contribution in [3.63, 3.8) is 0 Å². The molecule has 2 N–H and O–H groups in total. The summed E-state index contributed by atoms with van der Waals surface area (Å²) in [4.78, 5) is 11.0. The van der Waals surface area contributed by atoms with E-state index in [-0.39, 0.29) is 6.42 Å². The van der Waals surface area contributed by atoms with Crippen molar-refractivity contribution in [2.75, 3.05) is 6.61 Å². The van der Waals surface area contributed by atoms with Crippen molar-refractivity contribution < 1.29 is 24.5 Å². The maximum Gasteiger partial charge on any atom is 0.307 e. The average Bonchev–Trinajstić information content (AvgIpc) is 2.55. The molecule has 0 aliphatic heterocycles. The third-order valence-electron chi connectivity index (χ3n) is 4.90. The standard InChI is InChI=1S/C24H30I2O5/c1-14-10-17(31-22-15(2)9-16(11-19(22)26)12-20(27)28)13-18(25)21(14)24(5,6)30-8-7-23(3,4)29/h9-11,13,29H,7-8,12H2,1-6H3,(H,27,28). The maximum absolute atomic E-state index is 11.0. The summed E-state index contributed by atoms with van der Waals surface area (Å²) < 4.78 is 14.3. The number of aliphatic carboxylic acids is 1. The van der Waals surface area contributed by atoms with Crippen LogP contribution in [0, 0.1) is 21.0 Å². The Labute approximate surface area is 211 Å². The first kappa shape index (κ1) is 26.3. The molecule has 0 fully saturated rings. The lowest BCUT2D eigenvalue weighted by Gasteiger charge is -2.30. The van der Waals surface area contributed by atoms with Crippen molar-refractivity contribution in [3.05, 3.63) is 53.7 Å². The lowest BCUT2D eigenvalue weighted by molar-refractivity contribution is -0.136. The number of carbonyl (C=O) groups is 1. The van der Waals surface area contributed by atoms with Gasteiger partial charge in [0.15, 0.2) is 0 Å². The van der Waals surface area contributed by atoms with E-state index in [4.69, 9.17) is 14.6 Å². The smallest absolute Gasteiger partial charge is 0.307 e. The number of hydrogen-bond acceptors (Lipinski definition) is 4. The summed E-state index contributed by atoms with van der Waals surface area (Å²) in [6.07, 6.45) is 0.550. The minimum atomic E-state index is -0.850. The molecule has 0 heterocycles. The number of rotatable bonds is 9. The van der Waals surface area contributed by atoms with Crippen LogP contribution in [0.1, 0.15) is 56.4 Å². The van der Waals surface area contributed by atoms with Crippen molar-refractivity contribution in [3.8, 4) is 11.5 Å². The van der Waals surface area contributed by atoms with Gasteiger partial charge < -0.3 is 19.7 Å². The Morgan fingerprint density at radius 2 is 1.65 bits per heavy atom. The van der Waals surface area contributed by atoms with E-state index >= 15 is 0 Å². The molecule has 0 aliphatic carbocycles. The van der Waals surface area contributed by atoms with Gasteiger partial charge in [-0.05, 0) is 134 Å². The zero-order chi connectivity index (χ0) is 23.6. The second-order valence-corrected chi connectivity index (χ2v) is 11.2. The SMILES string of the molecule is Cc1cc(CC(=O)O)cc(I)c1Oc1cc(C)c(C(C)(C)OCCC(C)(C)O)c(I)c1. The molecular weight excluding hydrogens is 622 g/mol. The Bertz CT molecular complexity index is 915. The van der Waals surface area contributed by atoms with Gasteiger partial charge in [0.2, 0.25) is 0 Å². The lowest BCUT2D eigenvalue weighted by atomic mass is 9.93. The molecule has 170 valence electrons. The van der Waals surface area contributed by atoms with Crippen LogP contribution in [-0.2, 0) is 21.6 Å².